The molecule has 142 valence electrons. The predicted molar refractivity (Wildman–Crippen MR) is 96.2 cm³/mol. The number of rotatable bonds is 3. The summed E-state index contributed by atoms with van der Waals surface area (Å²) >= 11 is 0. The average molecular weight is 351 g/mol. The second kappa shape index (κ2) is 8.39. The molecule has 3 amide bonds. The number of likely N-dealkylation sites (tertiary alicyclic amines) is 1. The Hall–Kier alpha value is -1.30. The highest BCUT2D eigenvalue weighted by Gasteiger charge is 2.44. The van der Waals surface area contributed by atoms with Crippen LogP contribution in [0.15, 0.2) is 0 Å². The molecule has 0 bridgehead atoms. The first-order valence-corrected chi connectivity index (χ1v) is 10.2. The van der Waals surface area contributed by atoms with E-state index in [-0.39, 0.29) is 24.1 Å². The van der Waals surface area contributed by atoms with E-state index in [0.717, 1.165) is 44.9 Å². The smallest absolute Gasteiger partial charge is 0.315 e. The Morgan fingerprint density at radius 1 is 0.880 bits per heavy atom. The highest BCUT2D eigenvalue weighted by molar-refractivity contribution is 5.91. The van der Waals surface area contributed by atoms with Crippen LogP contribution in [0.1, 0.15) is 77.0 Å². The molecule has 25 heavy (non-hydrogen) atoms. The average Bonchev–Trinajstić information content (AvgIpc) is 2.63. The fourth-order valence-corrected chi connectivity index (χ4v) is 4.61. The molecular formula is C19H33N3O3. The van der Waals surface area contributed by atoms with E-state index < -0.39 is 5.54 Å². The lowest BCUT2D eigenvalue weighted by molar-refractivity contribution is -0.141. The summed E-state index contributed by atoms with van der Waals surface area (Å²) in [6.07, 6.45) is 11.2. The van der Waals surface area contributed by atoms with Crippen molar-refractivity contribution in [2.24, 2.45) is 0 Å². The minimum atomic E-state index is -0.751. The fraction of sp³-hybridized carbons (Fsp3) is 0.895. The van der Waals surface area contributed by atoms with Crippen molar-refractivity contribution in [3.05, 3.63) is 0 Å². The number of hydrogen-bond acceptors (Lipinski definition) is 3. The molecule has 1 saturated heterocycles. The summed E-state index contributed by atoms with van der Waals surface area (Å²) in [4.78, 5) is 27.6. The Bertz CT molecular complexity index is 463. The van der Waals surface area contributed by atoms with Crippen LogP contribution in [0.3, 0.4) is 0 Å². The molecule has 0 aromatic carbocycles. The van der Waals surface area contributed by atoms with Crippen LogP contribution in [-0.2, 0) is 4.79 Å². The molecule has 3 fully saturated rings. The summed E-state index contributed by atoms with van der Waals surface area (Å²) in [5.74, 6) is 0.0536. The fourth-order valence-electron chi connectivity index (χ4n) is 4.61. The molecular weight excluding hydrogens is 318 g/mol. The summed E-state index contributed by atoms with van der Waals surface area (Å²) in [6, 6.07) is 0.0637. The van der Waals surface area contributed by atoms with Gasteiger partial charge >= 0.3 is 6.03 Å². The molecule has 1 heterocycles. The van der Waals surface area contributed by atoms with Crippen molar-refractivity contribution in [3.8, 4) is 0 Å². The summed E-state index contributed by atoms with van der Waals surface area (Å²) in [6.45, 7) is 1.18. The van der Waals surface area contributed by atoms with Crippen LogP contribution in [0.4, 0.5) is 4.79 Å². The molecule has 3 rings (SSSR count). The van der Waals surface area contributed by atoms with Crippen LogP contribution in [0, 0.1) is 0 Å². The van der Waals surface area contributed by atoms with E-state index in [1.165, 1.54) is 19.3 Å². The van der Waals surface area contributed by atoms with Crippen molar-refractivity contribution in [1.29, 1.82) is 0 Å². The van der Waals surface area contributed by atoms with Crippen LogP contribution in [0.2, 0.25) is 0 Å². The van der Waals surface area contributed by atoms with Crippen LogP contribution in [-0.4, -0.2) is 52.7 Å². The maximum Gasteiger partial charge on any atom is 0.315 e. The molecule has 0 spiro atoms. The van der Waals surface area contributed by atoms with Crippen LogP contribution >= 0.6 is 0 Å². The van der Waals surface area contributed by atoms with Gasteiger partial charge in [-0.3, -0.25) is 4.79 Å². The normalized spacial score (nSPS) is 25.4. The third-order valence-corrected chi connectivity index (χ3v) is 6.16. The van der Waals surface area contributed by atoms with Gasteiger partial charge in [-0.1, -0.05) is 38.5 Å². The molecule has 2 aliphatic carbocycles. The van der Waals surface area contributed by atoms with Gasteiger partial charge in [0, 0.05) is 19.1 Å². The van der Waals surface area contributed by atoms with E-state index >= 15 is 0 Å². The third-order valence-electron chi connectivity index (χ3n) is 6.16. The number of hydrogen-bond donors (Lipinski definition) is 3. The van der Waals surface area contributed by atoms with Gasteiger partial charge in [0.2, 0.25) is 5.91 Å². The SMILES string of the molecule is O=C(NC1CCCCC1)NC1(C(=O)N2CCC(O)CC2)CCCCC1. The molecule has 0 atom stereocenters. The summed E-state index contributed by atoms with van der Waals surface area (Å²) in [7, 11) is 0. The Labute approximate surface area is 150 Å². The van der Waals surface area contributed by atoms with E-state index in [4.69, 9.17) is 0 Å². The topological polar surface area (TPSA) is 81.7 Å². The first-order valence-electron chi connectivity index (χ1n) is 10.2. The van der Waals surface area contributed by atoms with Gasteiger partial charge in [-0.25, -0.2) is 4.79 Å². The minimum absolute atomic E-state index is 0.0536. The Morgan fingerprint density at radius 3 is 2.12 bits per heavy atom. The van der Waals surface area contributed by atoms with Crippen molar-refractivity contribution in [2.75, 3.05) is 13.1 Å². The highest BCUT2D eigenvalue weighted by atomic mass is 16.3. The zero-order valence-corrected chi connectivity index (χ0v) is 15.3. The highest BCUT2D eigenvalue weighted by Crippen LogP contribution is 2.31. The summed E-state index contributed by atoms with van der Waals surface area (Å²) in [5, 5.41) is 15.9. The number of nitrogens with zero attached hydrogens (tertiary/aromatic N) is 1. The first kappa shape index (κ1) is 18.5. The van der Waals surface area contributed by atoms with E-state index in [2.05, 4.69) is 10.6 Å². The lowest BCUT2D eigenvalue weighted by atomic mass is 9.80. The molecule has 0 aromatic heterocycles. The van der Waals surface area contributed by atoms with E-state index in [0.29, 0.717) is 25.9 Å². The van der Waals surface area contributed by atoms with Gasteiger partial charge in [0.1, 0.15) is 5.54 Å². The standard InChI is InChI=1S/C19H33N3O3/c23-16-9-13-22(14-10-16)17(24)19(11-5-2-6-12-19)21-18(25)20-15-7-3-1-4-8-15/h15-16,23H,1-14H2,(H2,20,21,25). The van der Waals surface area contributed by atoms with Gasteiger partial charge < -0.3 is 20.6 Å². The predicted octanol–water partition coefficient (Wildman–Crippen LogP) is 2.30. The number of piperidine rings is 1. The van der Waals surface area contributed by atoms with Crippen molar-refractivity contribution in [3.63, 3.8) is 0 Å². The van der Waals surface area contributed by atoms with Crippen LogP contribution in [0.25, 0.3) is 0 Å². The van der Waals surface area contributed by atoms with Crippen molar-refractivity contribution in [2.45, 2.75) is 94.7 Å². The molecule has 6 nitrogen and oxygen atoms in total. The lowest BCUT2D eigenvalue weighted by Gasteiger charge is -2.42. The zero-order chi connectivity index (χ0) is 17.7. The monoisotopic (exact) mass is 351 g/mol. The van der Waals surface area contributed by atoms with E-state index in [1.54, 1.807) is 0 Å². The largest absolute Gasteiger partial charge is 0.393 e. The second-order valence-electron chi connectivity index (χ2n) is 8.10. The Kier molecular flexibility index (Phi) is 6.20. The molecule has 0 unspecified atom stereocenters. The molecule has 1 aliphatic heterocycles. The van der Waals surface area contributed by atoms with Crippen molar-refractivity contribution < 1.29 is 14.7 Å². The molecule has 3 N–H and O–H groups in total. The van der Waals surface area contributed by atoms with Crippen molar-refractivity contribution in [1.82, 2.24) is 15.5 Å². The zero-order valence-electron chi connectivity index (χ0n) is 15.3. The minimum Gasteiger partial charge on any atom is -0.393 e. The van der Waals surface area contributed by atoms with Gasteiger partial charge in [-0.05, 0) is 38.5 Å². The maximum absolute atomic E-state index is 13.2. The van der Waals surface area contributed by atoms with E-state index in [1.807, 2.05) is 4.90 Å². The molecule has 3 aliphatic rings. The molecule has 0 radical (unpaired) electrons. The number of carbonyl (C=O) groups is 2. The molecule has 2 saturated carbocycles. The van der Waals surface area contributed by atoms with Crippen LogP contribution in [0.5, 0.6) is 0 Å². The number of aliphatic hydroxyl groups excluding tert-OH is 1. The summed E-state index contributed by atoms with van der Waals surface area (Å²) < 4.78 is 0. The van der Waals surface area contributed by atoms with Gasteiger partial charge in [-0.2, -0.15) is 0 Å². The van der Waals surface area contributed by atoms with Gasteiger partial charge in [0.15, 0.2) is 0 Å². The molecule has 0 aromatic rings. The Balaban J connectivity index is 1.63. The lowest BCUT2D eigenvalue weighted by Crippen LogP contribution is -2.63. The van der Waals surface area contributed by atoms with E-state index in [9.17, 15) is 14.7 Å². The number of urea groups is 1. The number of aliphatic hydroxyl groups is 1. The maximum atomic E-state index is 13.2. The van der Waals surface area contributed by atoms with Crippen LogP contribution < -0.4 is 10.6 Å². The second-order valence-corrected chi connectivity index (χ2v) is 8.10. The Morgan fingerprint density at radius 2 is 1.48 bits per heavy atom. The first-order chi connectivity index (χ1) is 12.1. The number of nitrogens with one attached hydrogen (secondary N) is 2. The summed E-state index contributed by atoms with van der Waals surface area (Å²) in [5.41, 5.74) is -0.751. The van der Waals surface area contributed by atoms with Crippen molar-refractivity contribution >= 4 is 11.9 Å². The number of carbonyl (C=O) groups excluding carboxylic acids is 2. The quantitative estimate of drug-likeness (QED) is 0.730. The number of amides is 3. The van der Waals surface area contributed by atoms with Gasteiger partial charge in [0.05, 0.1) is 6.10 Å². The van der Waals surface area contributed by atoms with Gasteiger partial charge in [0.25, 0.3) is 0 Å². The van der Waals surface area contributed by atoms with Gasteiger partial charge in [-0.15, -0.1) is 0 Å². The molecule has 6 heteroatoms. The third kappa shape index (κ3) is 4.66.